The van der Waals surface area contributed by atoms with E-state index in [-0.39, 0.29) is 29.4 Å². The first-order chi connectivity index (χ1) is 11.8. The number of aliphatic imine (C=N–C) groups is 1. The van der Waals surface area contributed by atoms with Crippen LogP contribution >= 0.6 is 51.5 Å². The quantitative estimate of drug-likeness (QED) is 0.313. The van der Waals surface area contributed by atoms with E-state index in [1.54, 1.807) is 13.2 Å². The molecular formula is C18H25BrClIN4O. The molecule has 2 aromatic rings. The molecule has 1 aromatic carbocycles. The van der Waals surface area contributed by atoms with Crippen molar-refractivity contribution in [3.05, 3.63) is 51.1 Å². The average Bonchev–Trinajstić information content (AvgIpc) is 3.03. The third kappa shape index (κ3) is 7.08. The number of guanidine groups is 1. The molecule has 0 fully saturated rings. The molecule has 5 nitrogen and oxygen atoms in total. The maximum atomic E-state index is 6.04. The van der Waals surface area contributed by atoms with Crippen molar-refractivity contribution < 1.29 is 4.42 Å². The van der Waals surface area contributed by atoms with Gasteiger partial charge in [-0.1, -0.05) is 48.3 Å². The van der Waals surface area contributed by atoms with Gasteiger partial charge in [0.05, 0.1) is 12.7 Å². The summed E-state index contributed by atoms with van der Waals surface area (Å²) < 4.78 is 6.82. The first kappa shape index (κ1) is 23.2. The maximum Gasteiger partial charge on any atom is 0.213 e. The van der Waals surface area contributed by atoms with Gasteiger partial charge < -0.3 is 15.1 Å². The highest BCUT2D eigenvalue weighted by atomic mass is 127. The zero-order valence-corrected chi connectivity index (χ0v) is 20.1. The Balaban J connectivity index is 0.00000338. The lowest BCUT2D eigenvalue weighted by Gasteiger charge is -2.13. The topological polar surface area (TPSA) is 62.5 Å². The number of aromatic nitrogens is 1. The van der Waals surface area contributed by atoms with Crippen LogP contribution in [0.4, 0.5) is 0 Å². The van der Waals surface area contributed by atoms with Crippen molar-refractivity contribution >= 4 is 57.5 Å². The summed E-state index contributed by atoms with van der Waals surface area (Å²) in [6, 6.07) is 5.79. The van der Waals surface area contributed by atoms with Crippen molar-refractivity contribution in [2.45, 2.75) is 39.2 Å². The molecule has 1 heterocycles. The van der Waals surface area contributed by atoms with Crippen molar-refractivity contribution in [1.29, 1.82) is 0 Å². The van der Waals surface area contributed by atoms with E-state index >= 15 is 0 Å². The van der Waals surface area contributed by atoms with Gasteiger partial charge in [0, 0.05) is 28.5 Å². The lowest BCUT2D eigenvalue weighted by molar-refractivity contribution is 0.379. The van der Waals surface area contributed by atoms with E-state index in [2.05, 4.69) is 57.3 Å². The lowest BCUT2D eigenvalue weighted by Crippen LogP contribution is -2.37. The molecular weight excluding hydrogens is 530 g/mol. The van der Waals surface area contributed by atoms with Crippen LogP contribution in [0.15, 0.2) is 38.3 Å². The molecule has 144 valence electrons. The maximum absolute atomic E-state index is 6.04. The van der Waals surface area contributed by atoms with Gasteiger partial charge in [-0.3, -0.25) is 4.99 Å². The van der Waals surface area contributed by atoms with Crippen LogP contribution < -0.4 is 10.6 Å². The first-order valence-electron chi connectivity index (χ1n) is 8.13. The van der Waals surface area contributed by atoms with E-state index in [4.69, 9.17) is 16.0 Å². The number of hydrogen-bond acceptors (Lipinski definition) is 3. The van der Waals surface area contributed by atoms with Crippen LogP contribution in [-0.4, -0.2) is 24.5 Å². The summed E-state index contributed by atoms with van der Waals surface area (Å²) in [6.07, 6.45) is 2.61. The molecule has 0 aliphatic carbocycles. The fourth-order valence-electron chi connectivity index (χ4n) is 2.17. The summed E-state index contributed by atoms with van der Waals surface area (Å²) in [6.45, 7) is 7.51. The minimum absolute atomic E-state index is 0. The molecule has 2 rings (SSSR count). The number of halogens is 3. The second-order valence-corrected chi connectivity index (χ2v) is 8.00. The minimum Gasteiger partial charge on any atom is -0.443 e. The molecule has 0 aliphatic heterocycles. The summed E-state index contributed by atoms with van der Waals surface area (Å²) in [4.78, 5) is 8.52. The second kappa shape index (κ2) is 10.5. The Morgan fingerprint density at radius 3 is 2.65 bits per heavy atom. The number of nitrogens with one attached hydrogen (secondary N) is 2. The predicted octanol–water partition coefficient (Wildman–Crippen LogP) is 4.91. The third-order valence-electron chi connectivity index (χ3n) is 3.62. The van der Waals surface area contributed by atoms with Crippen molar-refractivity contribution in [3.63, 3.8) is 0 Å². The molecule has 0 radical (unpaired) electrons. The Morgan fingerprint density at radius 2 is 2.04 bits per heavy atom. The molecule has 0 unspecified atom stereocenters. The molecule has 8 heteroatoms. The zero-order valence-electron chi connectivity index (χ0n) is 15.4. The molecule has 0 atom stereocenters. The molecule has 0 saturated heterocycles. The Kier molecular flexibility index (Phi) is 9.40. The van der Waals surface area contributed by atoms with Crippen molar-refractivity contribution in [2.75, 3.05) is 13.6 Å². The molecule has 2 N–H and O–H groups in total. The van der Waals surface area contributed by atoms with E-state index in [9.17, 15) is 0 Å². The Morgan fingerprint density at radius 1 is 1.31 bits per heavy atom. The highest BCUT2D eigenvalue weighted by Gasteiger charge is 2.19. The summed E-state index contributed by atoms with van der Waals surface area (Å²) in [5, 5.41) is 7.22. The fourth-order valence-corrected chi connectivity index (χ4v) is 2.81. The molecule has 0 amide bonds. The summed E-state index contributed by atoms with van der Waals surface area (Å²) in [7, 11) is 1.74. The number of hydrogen-bond donors (Lipinski definition) is 2. The molecule has 0 aliphatic rings. The normalized spacial score (nSPS) is 11.8. The monoisotopic (exact) mass is 554 g/mol. The standard InChI is InChI=1S/C18H24BrClN4O.HI/c1-18(2,3)15-10-23-16(25-15)11-24-17(21-4)22-8-7-12-9-13(20)5-6-14(12)19;/h5-6,9-10H,7-8,11H2,1-4H3,(H2,21,22,24);1H. The summed E-state index contributed by atoms with van der Waals surface area (Å²) in [5.41, 5.74) is 1.10. The Hall–Kier alpha value is -0.800. The number of benzene rings is 1. The van der Waals surface area contributed by atoms with E-state index in [0.717, 1.165) is 33.8 Å². The van der Waals surface area contributed by atoms with Crippen LogP contribution in [0.5, 0.6) is 0 Å². The number of nitrogens with zero attached hydrogens (tertiary/aromatic N) is 2. The fraction of sp³-hybridized carbons (Fsp3) is 0.444. The van der Waals surface area contributed by atoms with Gasteiger partial charge in [0.15, 0.2) is 5.96 Å². The zero-order chi connectivity index (χ0) is 18.4. The summed E-state index contributed by atoms with van der Waals surface area (Å²) in [5.74, 6) is 2.22. The average molecular weight is 556 g/mol. The molecule has 1 aromatic heterocycles. The van der Waals surface area contributed by atoms with Crippen LogP contribution in [0.1, 0.15) is 38.0 Å². The Labute approximate surface area is 185 Å². The summed E-state index contributed by atoms with van der Waals surface area (Å²) >= 11 is 9.58. The lowest BCUT2D eigenvalue weighted by atomic mass is 9.94. The van der Waals surface area contributed by atoms with Gasteiger partial charge in [-0.15, -0.1) is 24.0 Å². The van der Waals surface area contributed by atoms with Crippen LogP contribution in [0.2, 0.25) is 5.02 Å². The third-order valence-corrected chi connectivity index (χ3v) is 4.63. The van der Waals surface area contributed by atoms with E-state index in [1.165, 1.54) is 0 Å². The highest BCUT2D eigenvalue weighted by Crippen LogP contribution is 2.23. The van der Waals surface area contributed by atoms with Crippen molar-refractivity contribution in [1.82, 2.24) is 15.6 Å². The van der Waals surface area contributed by atoms with Gasteiger partial charge in [0.25, 0.3) is 0 Å². The highest BCUT2D eigenvalue weighted by molar-refractivity contribution is 14.0. The number of rotatable bonds is 5. The largest absolute Gasteiger partial charge is 0.443 e. The van der Waals surface area contributed by atoms with Crippen molar-refractivity contribution in [2.24, 2.45) is 4.99 Å². The predicted molar refractivity (Wildman–Crippen MR) is 122 cm³/mol. The SMILES string of the molecule is CN=C(NCCc1cc(Cl)ccc1Br)NCc1ncc(C(C)(C)C)o1.I. The van der Waals surface area contributed by atoms with E-state index in [0.29, 0.717) is 18.4 Å². The molecule has 0 bridgehead atoms. The van der Waals surface area contributed by atoms with Crippen LogP contribution in [0, 0.1) is 0 Å². The molecule has 0 spiro atoms. The minimum atomic E-state index is -0.0461. The number of oxazole rings is 1. The van der Waals surface area contributed by atoms with Gasteiger partial charge in [-0.05, 0) is 30.2 Å². The van der Waals surface area contributed by atoms with Crippen LogP contribution in [0.3, 0.4) is 0 Å². The van der Waals surface area contributed by atoms with E-state index in [1.807, 2.05) is 18.2 Å². The Bertz CT molecular complexity index is 743. The van der Waals surface area contributed by atoms with E-state index < -0.39 is 0 Å². The van der Waals surface area contributed by atoms with Gasteiger partial charge in [-0.25, -0.2) is 4.98 Å². The van der Waals surface area contributed by atoms with Gasteiger partial charge >= 0.3 is 0 Å². The van der Waals surface area contributed by atoms with Gasteiger partial charge in [-0.2, -0.15) is 0 Å². The van der Waals surface area contributed by atoms with Gasteiger partial charge in [0.1, 0.15) is 5.76 Å². The van der Waals surface area contributed by atoms with Gasteiger partial charge in [0.2, 0.25) is 5.89 Å². The smallest absolute Gasteiger partial charge is 0.213 e. The first-order valence-corrected chi connectivity index (χ1v) is 9.30. The van der Waals surface area contributed by atoms with Crippen molar-refractivity contribution in [3.8, 4) is 0 Å². The molecule has 26 heavy (non-hydrogen) atoms. The van der Waals surface area contributed by atoms with Crippen LogP contribution in [-0.2, 0) is 18.4 Å². The second-order valence-electron chi connectivity index (χ2n) is 6.71. The van der Waals surface area contributed by atoms with Crippen LogP contribution in [0.25, 0.3) is 0 Å². The molecule has 0 saturated carbocycles.